The van der Waals surface area contributed by atoms with E-state index in [1.165, 1.54) is 12.1 Å². The number of amides is 1. The van der Waals surface area contributed by atoms with Gasteiger partial charge in [-0.05, 0) is 37.0 Å². The van der Waals surface area contributed by atoms with Crippen LogP contribution in [-0.2, 0) is 11.3 Å². The van der Waals surface area contributed by atoms with E-state index in [0.29, 0.717) is 36.0 Å². The van der Waals surface area contributed by atoms with Crippen LogP contribution in [0.3, 0.4) is 0 Å². The molecule has 0 fully saturated rings. The number of nitrogens with two attached hydrogens (primary N) is 1. The molecule has 3 aromatic rings. The van der Waals surface area contributed by atoms with Gasteiger partial charge in [-0.1, -0.05) is 48.5 Å². The van der Waals surface area contributed by atoms with Crippen molar-refractivity contribution in [3.8, 4) is 0 Å². The molecule has 5 N–H and O–H groups in total. The van der Waals surface area contributed by atoms with Crippen molar-refractivity contribution in [1.29, 1.82) is 0 Å². The van der Waals surface area contributed by atoms with Gasteiger partial charge in [-0.3, -0.25) is 5.84 Å². The van der Waals surface area contributed by atoms with E-state index in [9.17, 15) is 18.0 Å². The summed E-state index contributed by atoms with van der Waals surface area (Å²) in [6.07, 6.45) is -3.42. The lowest BCUT2D eigenvalue weighted by Gasteiger charge is -2.38. The molecule has 0 bridgehead atoms. The zero-order chi connectivity index (χ0) is 28.4. The van der Waals surface area contributed by atoms with Gasteiger partial charge in [-0.15, -0.1) is 0 Å². The predicted molar refractivity (Wildman–Crippen MR) is 145 cm³/mol. The molecule has 2 aromatic carbocycles. The van der Waals surface area contributed by atoms with Gasteiger partial charge < -0.3 is 20.3 Å². The van der Waals surface area contributed by atoms with E-state index in [4.69, 9.17) is 10.6 Å². The van der Waals surface area contributed by atoms with Gasteiger partial charge in [0.2, 0.25) is 0 Å². The maximum Gasteiger partial charge on any atom is 0.410 e. The monoisotopic (exact) mass is 553 g/mol. The summed E-state index contributed by atoms with van der Waals surface area (Å²) < 4.78 is 47.0. The molecule has 2 aliphatic rings. The highest BCUT2D eigenvalue weighted by Crippen LogP contribution is 2.41. The third-order valence-corrected chi connectivity index (χ3v) is 7.08. The Morgan fingerprint density at radius 3 is 2.65 bits per heavy atom. The van der Waals surface area contributed by atoms with Crippen LogP contribution in [-0.4, -0.2) is 40.2 Å². The Morgan fingerprint density at radius 2 is 1.93 bits per heavy atom. The van der Waals surface area contributed by atoms with Crippen LogP contribution in [0.5, 0.6) is 0 Å². The van der Waals surface area contributed by atoms with Crippen LogP contribution in [0.25, 0.3) is 5.57 Å². The van der Waals surface area contributed by atoms with Crippen LogP contribution in [0.4, 0.5) is 29.6 Å². The molecule has 12 heteroatoms. The van der Waals surface area contributed by atoms with E-state index in [-0.39, 0.29) is 18.7 Å². The Hall–Kier alpha value is -4.16. The fourth-order valence-electron chi connectivity index (χ4n) is 5.09. The third kappa shape index (κ3) is 5.45. The van der Waals surface area contributed by atoms with E-state index in [0.717, 1.165) is 22.8 Å². The Morgan fingerprint density at radius 1 is 1.18 bits per heavy atom. The van der Waals surface area contributed by atoms with Crippen molar-refractivity contribution in [2.24, 2.45) is 5.84 Å². The molecular weight excluding hydrogens is 523 g/mol. The maximum atomic E-state index is 14.9. The summed E-state index contributed by atoms with van der Waals surface area (Å²) in [6, 6.07) is 12.7. The summed E-state index contributed by atoms with van der Waals surface area (Å²) in [6.45, 7) is 4.19. The molecule has 2 atom stereocenters. The predicted octanol–water partition coefficient (Wildman–Crippen LogP) is 5.05. The number of nitrogens with zero attached hydrogens (tertiary/aromatic N) is 3. The summed E-state index contributed by atoms with van der Waals surface area (Å²) in [7, 11) is 0. The first-order chi connectivity index (χ1) is 19.3. The maximum absolute atomic E-state index is 14.9. The number of aryl methyl sites for hydroxylation is 1. The van der Waals surface area contributed by atoms with E-state index in [1.54, 1.807) is 18.7 Å². The summed E-state index contributed by atoms with van der Waals surface area (Å²) in [5, 5.41) is 6.46. The molecule has 3 heterocycles. The number of halogens is 3. The number of rotatable bonds is 7. The molecule has 210 valence electrons. The highest BCUT2D eigenvalue weighted by atomic mass is 19.3. The second-order valence-electron chi connectivity index (χ2n) is 9.72. The number of benzene rings is 2. The molecule has 0 saturated heterocycles. The number of anilines is 2. The first-order valence-corrected chi connectivity index (χ1v) is 12.9. The molecule has 5 rings (SSSR count). The fraction of sp³-hybridized carbons (Fsp3) is 0.321. The molecule has 9 nitrogen and oxygen atoms in total. The summed E-state index contributed by atoms with van der Waals surface area (Å²) >= 11 is 0. The van der Waals surface area contributed by atoms with Crippen molar-refractivity contribution in [2.75, 3.05) is 23.7 Å². The van der Waals surface area contributed by atoms with Crippen LogP contribution in [0, 0.1) is 12.7 Å². The smallest absolute Gasteiger partial charge is 0.410 e. The van der Waals surface area contributed by atoms with Gasteiger partial charge in [0, 0.05) is 18.7 Å². The van der Waals surface area contributed by atoms with Gasteiger partial charge in [0.05, 0.1) is 17.2 Å². The highest BCUT2D eigenvalue weighted by molar-refractivity contribution is 5.88. The Kier molecular flexibility index (Phi) is 7.90. The number of alkyl halides is 2. The van der Waals surface area contributed by atoms with Crippen molar-refractivity contribution < 1.29 is 22.7 Å². The van der Waals surface area contributed by atoms with Gasteiger partial charge in [-0.25, -0.2) is 33.4 Å². The van der Waals surface area contributed by atoms with E-state index in [1.807, 2.05) is 30.3 Å². The largest absolute Gasteiger partial charge is 0.445 e. The van der Waals surface area contributed by atoms with Crippen molar-refractivity contribution in [3.63, 3.8) is 0 Å². The molecular formula is C28H30F3N7O2. The Bertz CT molecular complexity index is 1430. The lowest BCUT2D eigenvalue weighted by molar-refractivity contribution is 0.0981. The summed E-state index contributed by atoms with van der Waals surface area (Å²) in [5.74, 6) is 6.31. The van der Waals surface area contributed by atoms with Gasteiger partial charge >= 0.3 is 6.09 Å². The van der Waals surface area contributed by atoms with Gasteiger partial charge in [0.25, 0.3) is 6.43 Å². The lowest BCUT2D eigenvalue weighted by atomic mass is 9.89. The van der Waals surface area contributed by atoms with E-state index in [2.05, 4.69) is 26.0 Å². The van der Waals surface area contributed by atoms with Gasteiger partial charge in [-0.2, -0.15) is 0 Å². The zero-order valence-electron chi connectivity index (χ0n) is 22.0. The number of hydrogen-bond acceptors (Lipinski definition) is 8. The first kappa shape index (κ1) is 27.4. The standard InChI is InChI=1S/C28H30F3N7O2/c1-15(18-9-6-10-20(23(18)29)24(30)31)33-26-22-19-11-12-38(28(39)40-14-17-7-4-3-5-8-17)13-21(19)25(37-32)36-27(22)35-16(2)34-26/h3-10,15,24-25,37H,11-14,32H2,1-2H3,(H2,33,34,35,36)/t15-,25?/m1/s1. The van der Waals surface area contributed by atoms with Gasteiger partial charge in [0.1, 0.15) is 36.1 Å². The molecule has 0 radical (unpaired) electrons. The van der Waals surface area contributed by atoms with E-state index >= 15 is 0 Å². The van der Waals surface area contributed by atoms with Crippen molar-refractivity contribution in [2.45, 2.75) is 45.5 Å². The molecule has 0 saturated carbocycles. The molecule has 40 heavy (non-hydrogen) atoms. The number of hydrogen-bond donors (Lipinski definition) is 4. The molecule has 0 aliphatic carbocycles. The number of nitrogens with one attached hydrogen (secondary N) is 3. The first-order valence-electron chi connectivity index (χ1n) is 12.9. The van der Waals surface area contributed by atoms with Crippen LogP contribution in [0.15, 0.2) is 54.1 Å². The second kappa shape index (κ2) is 11.5. The van der Waals surface area contributed by atoms with Crippen molar-refractivity contribution in [3.05, 3.63) is 88.0 Å². The molecule has 0 spiro atoms. The third-order valence-electron chi connectivity index (χ3n) is 7.08. The SMILES string of the molecule is Cc1nc2c(c(N[C@H](C)c3cccc(C(F)F)c3F)n1)C1=C(CN(C(=O)OCc3ccccc3)CC1)C(NN)N2. The molecule has 2 aliphatic heterocycles. The average Bonchev–Trinajstić information content (AvgIpc) is 2.95. The normalized spacial score (nSPS) is 17.2. The minimum Gasteiger partial charge on any atom is -0.445 e. The van der Waals surface area contributed by atoms with Crippen LogP contribution >= 0.6 is 0 Å². The number of aromatic nitrogens is 2. The molecule has 1 amide bonds. The highest BCUT2D eigenvalue weighted by Gasteiger charge is 2.36. The van der Waals surface area contributed by atoms with Gasteiger partial charge in [0.15, 0.2) is 0 Å². The average molecular weight is 554 g/mol. The number of hydrazine groups is 1. The zero-order valence-corrected chi connectivity index (χ0v) is 22.0. The molecule has 1 aromatic heterocycles. The lowest BCUT2D eigenvalue weighted by Crippen LogP contribution is -2.50. The number of fused-ring (bicyclic) bond motifs is 2. The topological polar surface area (TPSA) is 117 Å². The number of carbonyl (C=O) groups is 1. The summed E-state index contributed by atoms with van der Waals surface area (Å²) in [5.41, 5.74) is 5.44. The van der Waals surface area contributed by atoms with Crippen LogP contribution < -0.4 is 21.9 Å². The van der Waals surface area contributed by atoms with Crippen LogP contribution in [0.2, 0.25) is 0 Å². The summed E-state index contributed by atoms with van der Waals surface area (Å²) in [4.78, 5) is 23.6. The molecule has 1 unspecified atom stereocenters. The minimum absolute atomic E-state index is 0.0956. The van der Waals surface area contributed by atoms with Crippen molar-refractivity contribution >= 4 is 23.3 Å². The number of ether oxygens (including phenoxy) is 1. The van der Waals surface area contributed by atoms with E-state index < -0.39 is 36.1 Å². The number of carbonyl (C=O) groups excluding carboxylic acids is 1. The van der Waals surface area contributed by atoms with Crippen LogP contribution in [0.1, 0.15) is 53.9 Å². The quantitative estimate of drug-likeness (QED) is 0.237. The van der Waals surface area contributed by atoms with Crippen molar-refractivity contribution in [1.82, 2.24) is 20.3 Å². The fourth-order valence-corrected chi connectivity index (χ4v) is 5.09. The second-order valence-corrected chi connectivity index (χ2v) is 9.72. The Balaban J connectivity index is 1.43. The Labute approximate surface area is 229 Å². The minimum atomic E-state index is -2.93.